The number of nitrogens with zero attached hydrogens (tertiary/aromatic N) is 2. The number of amides is 1. The van der Waals surface area contributed by atoms with Crippen LogP contribution in [-0.2, 0) is 9.53 Å². The van der Waals surface area contributed by atoms with Gasteiger partial charge in [0, 0.05) is 35.2 Å². The zero-order valence-corrected chi connectivity index (χ0v) is 20.8. The summed E-state index contributed by atoms with van der Waals surface area (Å²) in [5, 5.41) is 14.4. The lowest BCUT2D eigenvalue weighted by atomic mass is 10.0. The fourth-order valence-corrected chi connectivity index (χ4v) is 4.27. The fourth-order valence-electron chi connectivity index (χ4n) is 3.05. The van der Waals surface area contributed by atoms with E-state index in [1.54, 1.807) is 12.3 Å². The second-order valence-electron chi connectivity index (χ2n) is 7.19. The average Bonchev–Trinajstić information content (AvgIpc) is 3.21. The Labute approximate surface area is 205 Å². The normalized spacial score (nSPS) is 10.9. The lowest BCUT2D eigenvalue weighted by Crippen LogP contribution is -2.16. The van der Waals surface area contributed by atoms with Gasteiger partial charge in [-0.25, -0.2) is 4.79 Å². The van der Waals surface area contributed by atoms with E-state index in [1.807, 2.05) is 73.6 Å². The van der Waals surface area contributed by atoms with Crippen LogP contribution >= 0.6 is 27.3 Å². The van der Waals surface area contributed by atoms with E-state index in [0.29, 0.717) is 10.6 Å². The highest BCUT2D eigenvalue weighted by Gasteiger charge is 2.23. The summed E-state index contributed by atoms with van der Waals surface area (Å²) in [6.07, 6.45) is 1.52. The highest BCUT2D eigenvalue weighted by atomic mass is 79.9. The van der Waals surface area contributed by atoms with Crippen molar-refractivity contribution in [3.63, 3.8) is 0 Å². The third-order valence-electron chi connectivity index (χ3n) is 4.74. The molecule has 1 N–H and O–H groups in total. The topological polar surface area (TPSA) is 82.4 Å². The molecule has 0 saturated heterocycles. The monoisotopic (exact) mass is 523 g/mol. The van der Waals surface area contributed by atoms with Crippen LogP contribution in [0.2, 0.25) is 0 Å². The van der Waals surface area contributed by atoms with E-state index in [1.165, 1.54) is 17.4 Å². The van der Waals surface area contributed by atoms with Crippen LogP contribution in [0.3, 0.4) is 0 Å². The molecule has 0 fully saturated rings. The smallest absolute Gasteiger partial charge is 0.341 e. The number of esters is 1. The van der Waals surface area contributed by atoms with Crippen molar-refractivity contribution in [3.8, 4) is 17.2 Å². The molecule has 2 aromatic carbocycles. The van der Waals surface area contributed by atoms with E-state index in [-0.39, 0.29) is 17.7 Å². The molecule has 0 aliphatic rings. The van der Waals surface area contributed by atoms with Crippen molar-refractivity contribution in [2.24, 2.45) is 0 Å². The molecule has 1 amide bonds. The van der Waals surface area contributed by atoms with Gasteiger partial charge >= 0.3 is 5.97 Å². The summed E-state index contributed by atoms with van der Waals surface area (Å²) >= 11 is 4.62. The number of carbonyl (C=O) groups excluding carboxylic acids is 2. The number of nitrogens with one attached hydrogen (secondary N) is 1. The fraction of sp³-hybridized carbons (Fsp3) is 0.160. The van der Waals surface area contributed by atoms with Gasteiger partial charge in [-0.2, -0.15) is 5.26 Å². The molecular formula is C25H22BrN3O3S. The van der Waals surface area contributed by atoms with Crippen LogP contribution in [0.15, 0.2) is 64.0 Å². The van der Waals surface area contributed by atoms with Crippen molar-refractivity contribution < 1.29 is 14.3 Å². The molecule has 0 radical (unpaired) electrons. The third-order valence-corrected chi connectivity index (χ3v) is 6.16. The summed E-state index contributed by atoms with van der Waals surface area (Å²) in [6.45, 7) is 1.92. The Morgan fingerprint density at radius 3 is 2.39 bits per heavy atom. The van der Waals surface area contributed by atoms with Crippen LogP contribution in [0.1, 0.15) is 22.8 Å². The molecule has 8 heteroatoms. The van der Waals surface area contributed by atoms with Crippen LogP contribution in [-0.4, -0.2) is 32.6 Å². The molecule has 168 valence electrons. The number of halogens is 1. The SMILES string of the molecule is CCOC(=O)c1c(-c2ccc(Br)cc2)csc1NC(=O)C(C#N)=Cc1ccc(N(C)C)cc1. The summed E-state index contributed by atoms with van der Waals surface area (Å²) in [4.78, 5) is 27.6. The standard InChI is InChI=1S/C25H22BrN3O3S/c1-4-32-25(31)22-21(17-7-9-19(26)10-8-17)15-33-24(22)28-23(30)18(14-27)13-16-5-11-20(12-6-16)29(2)3/h5-13,15H,4H2,1-3H3,(H,28,30). The van der Waals surface area contributed by atoms with E-state index in [2.05, 4.69) is 21.2 Å². The summed E-state index contributed by atoms with van der Waals surface area (Å²) in [6, 6.07) is 16.9. The lowest BCUT2D eigenvalue weighted by molar-refractivity contribution is -0.112. The second-order valence-corrected chi connectivity index (χ2v) is 8.99. The minimum atomic E-state index is -0.594. The summed E-state index contributed by atoms with van der Waals surface area (Å²) in [5.74, 6) is -1.13. The number of benzene rings is 2. The van der Waals surface area contributed by atoms with E-state index in [0.717, 1.165) is 21.3 Å². The molecular weight excluding hydrogens is 502 g/mol. The molecule has 1 aromatic heterocycles. The maximum atomic E-state index is 12.9. The van der Waals surface area contributed by atoms with E-state index < -0.39 is 11.9 Å². The maximum absolute atomic E-state index is 12.9. The molecule has 3 aromatic rings. The van der Waals surface area contributed by atoms with Gasteiger partial charge in [0.05, 0.1) is 6.61 Å². The van der Waals surface area contributed by atoms with Gasteiger partial charge in [0.2, 0.25) is 0 Å². The molecule has 0 saturated carbocycles. The van der Waals surface area contributed by atoms with Gasteiger partial charge < -0.3 is 15.0 Å². The van der Waals surface area contributed by atoms with Crippen LogP contribution in [0.25, 0.3) is 17.2 Å². The molecule has 0 spiro atoms. The number of ether oxygens (including phenoxy) is 1. The molecule has 0 aliphatic carbocycles. The Balaban J connectivity index is 1.92. The van der Waals surface area contributed by atoms with Gasteiger partial charge in [0.15, 0.2) is 0 Å². The molecule has 33 heavy (non-hydrogen) atoms. The number of thiophene rings is 1. The maximum Gasteiger partial charge on any atom is 0.341 e. The molecule has 6 nitrogen and oxygen atoms in total. The largest absolute Gasteiger partial charge is 0.462 e. The van der Waals surface area contributed by atoms with Crippen LogP contribution in [0.4, 0.5) is 10.7 Å². The minimum absolute atomic E-state index is 0.0685. The number of hydrogen-bond acceptors (Lipinski definition) is 6. The van der Waals surface area contributed by atoms with Gasteiger partial charge in [-0.3, -0.25) is 4.79 Å². The Morgan fingerprint density at radius 2 is 1.82 bits per heavy atom. The summed E-state index contributed by atoms with van der Waals surface area (Å²) in [7, 11) is 3.87. The van der Waals surface area contributed by atoms with Gasteiger partial charge in [-0.15, -0.1) is 11.3 Å². The molecule has 0 bridgehead atoms. The van der Waals surface area contributed by atoms with Gasteiger partial charge in [0.25, 0.3) is 5.91 Å². The Bertz CT molecular complexity index is 1220. The van der Waals surface area contributed by atoms with Gasteiger partial charge in [-0.05, 0) is 48.4 Å². The Morgan fingerprint density at radius 1 is 1.15 bits per heavy atom. The molecule has 0 aliphatic heterocycles. The van der Waals surface area contributed by atoms with Crippen molar-refractivity contribution in [3.05, 3.63) is 75.1 Å². The van der Waals surface area contributed by atoms with Crippen LogP contribution in [0, 0.1) is 11.3 Å². The first kappa shape index (κ1) is 24.2. The van der Waals surface area contributed by atoms with Crippen molar-refractivity contribution >= 4 is 55.9 Å². The van der Waals surface area contributed by atoms with Gasteiger partial charge in [0.1, 0.15) is 22.2 Å². The third kappa shape index (κ3) is 5.89. The Kier molecular flexibility index (Phi) is 8.04. The highest BCUT2D eigenvalue weighted by Crippen LogP contribution is 2.37. The number of nitriles is 1. The average molecular weight is 524 g/mol. The Hall–Kier alpha value is -3.41. The van der Waals surface area contributed by atoms with Crippen molar-refractivity contribution in [1.82, 2.24) is 0 Å². The minimum Gasteiger partial charge on any atom is -0.462 e. The van der Waals surface area contributed by atoms with Crippen LogP contribution in [0.5, 0.6) is 0 Å². The van der Waals surface area contributed by atoms with Gasteiger partial charge in [-0.1, -0.05) is 40.2 Å². The zero-order chi connectivity index (χ0) is 24.0. The molecule has 1 heterocycles. The quantitative estimate of drug-likeness (QED) is 0.234. The van der Waals surface area contributed by atoms with E-state index in [9.17, 15) is 14.9 Å². The molecule has 0 atom stereocenters. The molecule has 0 unspecified atom stereocenters. The number of anilines is 2. The number of carbonyl (C=O) groups is 2. The zero-order valence-electron chi connectivity index (χ0n) is 18.4. The van der Waals surface area contributed by atoms with E-state index in [4.69, 9.17) is 4.74 Å². The van der Waals surface area contributed by atoms with Crippen molar-refractivity contribution in [1.29, 1.82) is 5.26 Å². The predicted molar refractivity (Wildman–Crippen MR) is 136 cm³/mol. The summed E-state index contributed by atoms with van der Waals surface area (Å²) < 4.78 is 6.14. The first-order chi connectivity index (χ1) is 15.8. The van der Waals surface area contributed by atoms with Crippen molar-refractivity contribution in [2.75, 3.05) is 30.9 Å². The first-order valence-corrected chi connectivity index (χ1v) is 11.8. The summed E-state index contributed by atoms with van der Waals surface area (Å²) in [5.41, 5.74) is 3.40. The number of rotatable bonds is 7. The van der Waals surface area contributed by atoms with E-state index >= 15 is 0 Å². The highest BCUT2D eigenvalue weighted by molar-refractivity contribution is 9.10. The predicted octanol–water partition coefficient (Wildman–Crippen LogP) is 5.97. The van der Waals surface area contributed by atoms with Crippen molar-refractivity contribution in [2.45, 2.75) is 6.92 Å². The van der Waals surface area contributed by atoms with Crippen LogP contribution < -0.4 is 10.2 Å². The molecule has 3 rings (SSSR count). The number of hydrogen-bond donors (Lipinski definition) is 1. The lowest BCUT2D eigenvalue weighted by Gasteiger charge is -2.12. The second kappa shape index (κ2) is 10.9. The first-order valence-electron chi connectivity index (χ1n) is 10.1.